The van der Waals surface area contributed by atoms with Crippen molar-refractivity contribution in [1.29, 1.82) is 0 Å². The van der Waals surface area contributed by atoms with E-state index < -0.39 is 0 Å². The van der Waals surface area contributed by atoms with Crippen molar-refractivity contribution < 1.29 is 5.21 Å². The number of anilines is 2. The zero-order chi connectivity index (χ0) is 13.8. The molecule has 2 aromatic rings. The van der Waals surface area contributed by atoms with Gasteiger partial charge in [0, 0.05) is 18.8 Å². The SMILES string of the molecule is CN(c1ccccc1C(N)=NO)c1ncncc1I. The highest BCUT2D eigenvalue weighted by Crippen LogP contribution is 2.28. The number of hydrogen-bond donors (Lipinski definition) is 2. The molecule has 1 heterocycles. The summed E-state index contributed by atoms with van der Waals surface area (Å²) in [5.74, 6) is 0.820. The largest absolute Gasteiger partial charge is 0.409 e. The Hall–Kier alpha value is -1.90. The third-order valence-electron chi connectivity index (χ3n) is 2.61. The van der Waals surface area contributed by atoms with Crippen LogP contribution in [-0.2, 0) is 0 Å². The number of rotatable bonds is 3. The Morgan fingerprint density at radius 1 is 1.42 bits per heavy atom. The highest BCUT2D eigenvalue weighted by molar-refractivity contribution is 14.1. The Morgan fingerprint density at radius 2 is 2.16 bits per heavy atom. The lowest BCUT2D eigenvalue weighted by Crippen LogP contribution is -2.20. The Bertz CT molecular complexity index is 617. The van der Waals surface area contributed by atoms with Gasteiger partial charge in [-0.15, -0.1) is 0 Å². The number of nitrogens with zero attached hydrogens (tertiary/aromatic N) is 4. The maximum Gasteiger partial charge on any atom is 0.172 e. The normalized spacial score (nSPS) is 11.4. The number of hydrogen-bond acceptors (Lipinski definition) is 5. The molecule has 7 heteroatoms. The molecule has 1 aromatic heterocycles. The predicted molar refractivity (Wildman–Crippen MR) is 81.8 cm³/mol. The average Bonchev–Trinajstić information content (AvgIpc) is 2.46. The van der Waals surface area contributed by atoms with Crippen LogP contribution in [-0.4, -0.2) is 28.1 Å². The van der Waals surface area contributed by atoms with Gasteiger partial charge in [-0.05, 0) is 34.7 Å². The number of amidine groups is 1. The molecule has 1 aromatic carbocycles. The molecule has 19 heavy (non-hydrogen) atoms. The van der Waals surface area contributed by atoms with Crippen molar-refractivity contribution >= 4 is 39.9 Å². The third-order valence-corrected chi connectivity index (χ3v) is 3.38. The zero-order valence-corrected chi connectivity index (χ0v) is 12.3. The van der Waals surface area contributed by atoms with E-state index in [9.17, 15) is 0 Å². The smallest absolute Gasteiger partial charge is 0.172 e. The van der Waals surface area contributed by atoms with Gasteiger partial charge in [0.05, 0.1) is 9.26 Å². The molecule has 6 nitrogen and oxygen atoms in total. The summed E-state index contributed by atoms with van der Waals surface area (Å²) in [6.07, 6.45) is 3.21. The van der Waals surface area contributed by atoms with Gasteiger partial charge in [-0.1, -0.05) is 17.3 Å². The minimum Gasteiger partial charge on any atom is -0.409 e. The maximum atomic E-state index is 8.84. The molecule has 0 saturated heterocycles. The van der Waals surface area contributed by atoms with Gasteiger partial charge in [-0.3, -0.25) is 0 Å². The van der Waals surface area contributed by atoms with Crippen molar-refractivity contribution in [3.05, 3.63) is 45.9 Å². The number of oxime groups is 1. The van der Waals surface area contributed by atoms with Crippen LogP contribution in [0.5, 0.6) is 0 Å². The Labute approximate surface area is 124 Å². The van der Waals surface area contributed by atoms with Gasteiger partial charge in [-0.2, -0.15) is 0 Å². The van der Waals surface area contributed by atoms with Gasteiger partial charge >= 0.3 is 0 Å². The van der Waals surface area contributed by atoms with Crippen LogP contribution in [0.1, 0.15) is 5.56 Å². The van der Waals surface area contributed by atoms with Gasteiger partial charge in [-0.25, -0.2) is 9.97 Å². The summed E-state index contributed by atoms with van der Waals surface area (Å²) in [4.78, 5) is 10.1. The standard InChI is InChI=1S/C12H12IN5O/c1-18(12-9(13)6-15-7-16-12)10-5-3-2-4-8(10)11(14)17-19/h2-7,19H,1H3,(H2,14,17). The lowest BCUT2D eigenvalue weighted by molar-refractivity contribution is 0.318. The number of benzene rings is 1. The highest BCUT2D eigenvalue weighted by Gasteiger charge is 2.14. The zero-order valence-electron chi connectivity index (χ0n) is 10.2. The fourth-order valence-electron chi connectivity index (χ4n) is 1.70. The van der Waals surface area contributed by atoms with E-state index in [-0.39, 0.29) is 5.84 Å². The first-order valence-electron chi connectivity index (χ1n) is 5.41. The molecule has 0 aliphatic heterocycles. The van der Waals surface area contributed by atoms with Gasteiger partial charge in [0.25, 0.3) is 0 Å². The fraction of sp³-hybridized carbons (Fsp3) is 0.0833. The number of halogens is 1. The minimum atomic E-state index is 0.0616. The van der Waals surface area contributed by atoms with E-state index in [4.69, 9.17) is 10.9 Å². The molecular formula is C12H12IN5O. The fourth-order valence-corrected chi connectivity index (χ4v) is 2.37. The number of aromatic nitrogens is 2. The predicted octanol–water partition coefficient (Wildman–Crippen LogP) is 1.94. The third kappa shape index (κ3) is 2.75. The van der Waals surface area contributed by atoms with Crippen LogP contribution in [0.25, 0.3) is 0 Å². The summed E-state index contributed by atoms with van der Waals surface area (Å²) in [6.45, 7) is 0. The number of para-hydroxylation sites is 1. The minimum absolute atomic E-state index is 0.0616. The summed E-state index contributed by atoms with van der Waals surface area (Å²) >= 11 is 2.16. The van der Waals surface area contributed by atoms with Crippen LogP contribution < -0.4 is 10.6 Å². The van der Waals surface area contributed by atoms with Gasteiger partial charge in [0.15, 0.2) is 5.84 Å². The lowest BCUT2D eigenvalue weighted by Gasteiger charge is -2.21. The molecular weight excluding hydrogens is 357 g/mol. The monoisotopic (exact) mass is 369 g/mol. The first kappa shape index (κ1) is 13.5. The second kappa shape index (κ2) is 5.83. The Kier molecular flexibility index (Phi) is 4.15. The van der Waals surface area contributed by atoms with Crippen LogP contribution in [0.15, 0.2) is 41.9 Å². The molecule has 0 aliphatic rings. The van der Waals surface area contributed by atoms with Crippen molar-refractivity contribution in [2.24, 2.45) is 10.9 Å². The average molecular weight is 369 g/mol. The molecule has 0 fully saturated rings. The summed E-state index contributed by atoms with van der Waals surface area (Å²) in [6, 6.07) is 7.38. The van der Waals surface area contributed by atoms with E-state index in [0.717, 1.165) is 15.1 Å². The van der Waals surface area contributed by atoms with Crippen molar-refractivity contribution in [3.63, 3.8) is 0 Å². The van der Waals surface area contributed by atoms with Crippen LogP contribution >= 0.6 is 22.6 Å². The molecule has 2 rings (SSSR count). The molecule has 0 atom stereocenters. The van der Waals surface area contributed by atoms with Crippen molar-refractivity contribution in [2.45, 2.75) is 0 Å². The topological polar surface area (TPSA) is 87.6 Å². The molecule has 0 aliphatic carbocycles. The highest BCUT2D eigenvalue weighted by atomic mass is 127. The summed E-state index contributed by atoms with van der Waals surface area (Å²) < 4.78 is 0.914. The molecule has 0 radical (unpaired) electrons. The Balaban J connectivity index is 2.51. The Morgan fingerprint density at radius 3 is 2.84 bits per heavy atom. The van der Waals surface area contributed by atoms with E-state index in [1.54, 1.807) is 12.3 Å². The molecule has 0 bridgehead atoms. The van der Waals surface area contributed by atoms with E-state index in [2.05, 4.69) is 37.7 Å². The second-order valence-corrected chi connectivity index (χ2v) is 4.92. The van der Waals surface area contributed by atoms with Crippen molar-refractivity contribution in [2.75, 3.05) is 11.9 Å². The molecule has 3 N–H and O–H groups in total. The quantitative estimate of drug-likeness (QED) is 0.284. The number of nitrogens with two attached hydrogens (primary N) is 1. The van der Waals surface area contributed by atoms with Gasteiger partial charge < -0.3 is 15.8 Å². The van der Waals surface area contributed by atoms with Crippen LogP contribution in [0.4, 0.5) is 11.5 Å². The van der Waals surface area contributed by atoms with E-state index in [0.29, 0.717) is 5.56 Å². The lowest BCUT2D eigenvalue weighted by atomic mass is 10.1. The first-order valence-corrected chi connectivity index (χ1v) is 6.49. The van der Waals surface area contributed by atoms with Crippen LogP contribution in [0, 0.1) is 3.57 Å². The first-order chi connectivity index (χ1) is 9.15. The summed E-state index contributed by atoms with van der Waals surface area (Å²) in [7, 11) is 1.87. The molecule has 0 spiro atoms. The molecule has 98 valence electrons. The van der Waals surface area contributed by atoms with Crippen molar-refractivity contribution in [3.8, 4) is 0 Å². The van der Waals surface area contributed by atoms with Crippen molar-refractivity contribution in [1.82, 2.24) is 9.97 Å². The summed E-state index contributed by atoms with van der Waals surface area (Å²) in [5.41, 5.74) is 7.13. The molecule has 0 amide bonds. The summed E-state index contributed by atoms with van der Waals surface area (Å²) in [5, 5.41) is 11.9. The maximum absolute atomic E-state index is 8.84. The van der Waals surface area contributed by atoms with Crippen LogP contribution in [0.3, 0.4) is 0 Å². The molecule has 0 saturated carbocycles. The van der Waals surface area contributed by atoms with E-state index in [1.807, 2.05) is 30.1 Å². The molecule has 0 unspecified atom stereocenters. The van der Waals surface area contributed by atoms with Gasteiger partial charge in [0.2, 0.25) is 0 Å². The second-order valence-electron chi connectivity index (χ2n) is 3.76. The van der Waals surface area contributed by atoms with Gasteiger partial charge in [0.1, 0.15) is 12.1 Å². The van der Waals surface area contributed by atoms with Crippen LogP contribution in [0.2, 0.25) is 0 Å². The van der Waals surface area contributed by atoms with E-state index >= 15 is 0 Å². The van der Waals surface area contributed by atoms with E-state index in [1.165, 1.54) is 6.33 Å².